The molecule has 3 nitrogen and oxygen atoms in total. The van der Waals surface area contributed by atoms with Crippen molar-refractivity contribution >= 4 is 10.0 Å². The van der Waals surface area contributed by atoms with E-state index in [-0.39, 0.29) is 0 Å². The molecular formula is C11H15NO2S. The summed E-state index contributed by atoms with van der Waals surface area (Å²) in [4.78, 5) is 0.436. The van der Waals surface area contributed by atoms with Crippen LogP contribution in [0.25, 0.3) is 0 Å². The van der Waals surface area contributed by atoms with E-state index in [4.69, 9.17) is 0 Å². The fourth-order valence-corrected chi connectivity index (χ4v) is 2.84. The van der Waals surface area contributed by atoms with Gasteiger partial charge in [0.05, 0.1) is 4.91 Å². The van der Waals surface area contributed by atoms with Crippen LogP contribution in [-0.2, 0) is 10.0 Å². The van der Waals surface area contributed by atoms with E-state index in [1.54, 1.807) is 24.3 Å². The summed E-state index contributed by atoms with van der Waals surface area (Å²) in [5.74, 6) is 0. The van der Waals surface area contributed by atoms with E-state index >= 15 is 0 Å². The Bertz CT molecular complexity index is 394. The number of nitrogens with zero attached hydrogens (tertiary/aromatic N) is 1. The zero-order chi connectivity index (χ0) is 11.3. The molecule has 4 heteroatoms. The summed E-state index contributed by atoms with van der Waals surface area (Å²) >= 11 is 0. The number of rotatable bonds is 6. The predicted octanol–water partition coefficient (Wildman–Crippen LogP) is 1.83. The Labute approximate surface area is 91.1 Å². The second-order valence-electron chi connectivity index (χ2n) is 3.16. The van der Waals surface area contributed by atoms with Gasteiger partial charge < -0.3 is 0 Å². The third-order valence-corrected chi connectivity index (χ3v) is 4.02. The highest BCUT2D eigenvalue weighted by Crippen LogP contribution is 2.21. The minimum absolute atomic E-state index is 0.311. The van der Waals surface area contributed by atoms with Gasteiger partial charge in [0.25, 0.3) is 0 Å². The van der Waals surface area contributed by atoms with Crippen molar-refractivity contribution in [2.45, 2.75) is 6.42 Å². The van der Waals surface area contributed by atoms with E-state index in [9.17, 15) is 8.42 Å². The molecule has 0 aliphatic heterocycles. The normalized spacial score (nSPS) is 15.4. The standard InChI is InChI=1S/C11H15NO2S/c1-3-9-12(10-4-2)15(13,14)11-7-5-6-8-11/h3-7H,1-2,8-10H2. The fourth-order valence-electron chi connectivity index (χ4n) is 1.34. The van der Waals surface area contributed by atoms with Crippen LogP contribution in [0.15, 0.2) is 48.4 Å². The van der Waals surface area contributed by atoms with Gasteiger partial charge in [-0.1, -0.05) is 24.3 Å². The molecule has 0 aromatic heterocycles. The van der Waals surface area contributed by atoms with Gasteiger partial charge in [0, 0.05) is 19.5 Å². The van der Waals surface area contributed by atoms with Gasteiger partial charge >= 0.3 is 0 Å². The van der Waals surface area contributed by atoms with Crippen LogP contribution in [0, 0.1) is 0 Å². The van der Waals surface area contributed by atoms with Crippen molar-refractivity contribution in [3.05, 3.63) is 48.4 Å². The molecule has 82 valence electrons. The van der Waals surface area contributed by atoms with Crippen molar-refractivity contribution in [2.75, 3.05) is 13.1 Å². The van der Waals surface area contributed by atoms with Gasteiger partial charge in [-0.3, -0.25) is 0 Å². The maximum Gasteiger partial charge on any atom is 0.240 e. The van der Waals surface area contributed by atoms with Crippen molar-refractivity contribution < 1.29 is 8.42 Å². The molecule has 0 radical (unpaired) electrons. The second kappa shape index (κ2) is 5.09. The van der Waals surface area contributed by atoms with Crippen molar-refractivity contribution in [1.29, 1.82) is 0 Å². The van der Waals surface area contributed by atoms with Crippen LogP contribution in [0.5, 0.6) is 0 Å². The van der Waals surface area contributed by atoms with Crippen LogP contribution >= 0.6 is 0 Å². The molecule has 1 rings (SSSR count). The van der Waals surface area contributed by atoms with Gasteiger partial charge in [-0.2, -0.15) is 4.31 Å². The highest BCUT2D eigenvalue weighted by Gasteiger charge is 2.24. The second-order valence-corrected chi connectivity index (χ2v) is 5.16. The van der Waals surface area contributed by atoms with Crippen LogP contribution in [0.2, 0.25) is 0 Å². The molecule has 15 heavy (non-hydrogen) atoms. The van der Waals surface area contributed by atoms with Crippen molar-refractivity contribution in [2.24, 2.45) is 0 Å². The lowest BCUT2D eigenvalue weighted by Gasteiger charge is -2.19. The van der Waals surface area contributed by atoms with E-state index in [1.165, 1.54) is 4.31 Å². The Hall–Kier alpha value is -1.13. The average molecular weight is 225 g/mol. The van der Waals surface area contributed by atoms with Crippen LogP contribution in [0.1, 0.15) is 6.42 Å². The third kappa shape index (κ3) is 2.67. The minimum Gasteiger partial charge on any atom is -0.207 e. The number of hydrogen-bond acceptors (Lipinski definition) is 2. The van der Waals surface area contributed by atoms with Gasteiger partial charge in [-0.25, -0.2) is 8.42 Å². The summed E-state index contributed by atoms with van der Waals surface area (Å²) in [7, 11) is -3.34. The monoisotopic (exact) mass is 225 g/mol. The Morgan fingerprint density at radius 2 is 1.93 bits per heavy atom. The molecule has 0 aromatic rings. The minimum atomic E-state index is -3.34. The van der Waals surface area contributed by atoms with Crippen LogP contribution in [-0.4, -0.2) is 25.8 Å². The zero-order valence-corrected chi connectivity index (χ0v) is 9.41. The molecule has 1 aliphatic rings. The Kier molecular flexibility index (Phi) is 4.05. The lowest BCUT2D eigenvalue weighted by Crippen LogP contribution is -2.32. The smallest absolute Gasteiger partial charge is 0.207 e. The number of sulfonamides is 1. The molecule has 0 amide bonds. The summed E-state index contributed by atoms with van der Waals surface area (Å²) in [6, 6.07) is 0. The van der Waals surface area contributed by atoms with Gasteiger partial charge in [0.15, 0.2) is 0 Å². The van der Waals surface area contributed by atoms with Crippen molar-refractivity contribution in [3.63, 3.8) is 0 Å². The Balaban J connectivity index is 2.90. The van der Waals surface area contributed by atoms with Gasteiger partial charge in [-0.05, 0) is 6.08 Å². The van der Waals surface area contributed by atoms with Gasteiger partial charge in [0.2, 0.25) is 10.0 Å². The summed E-state index contributed by atoms with van der Waals surface area (Å²) in [5, 5.41) is 0. The molecule has 0 bridgehead atoms. The van der Waals surface area contributed by atoms with E-state index in [1.807, 2.05) is 6.08 Å². The molecule has 0 unspecified atom stereocenters. The van der Waals surface area contributed by atoms with E-state index in [0.717, 1.165) is 0 Å². The quantitative estimate of drug-likeness (QED) is 0.647. The topological polar surface area (TPSA) is 37.4 Å². The van der Waals surface area contributed by atoms with Crippen LogP contribution in [0.4, 0.5) is 0 Å². The average Bonchev–Trinajstić information content (AvgIpc) is 2.70. The molecule has 0 aromatic carbocycles. The van der Waals surface area contributed by atoms with Crippen LogP contribution in [0.3, 0.4) is 0 Å². The zero-order valence-electron chi connectivity index (χ0n) is 8.59. The van der Waals surface area contributed by atoms with Crippen LogP contribution < -0.4 is 0 Å². The molecule has 0 saturated carbocycles. The van der Waals surface area contributed by atoms with E-state index < -0.39 is 10.0 Å². The molecule has 0 fully saturated rings. The predicted molar refractivity (Wildman–Crippen MR) is 62.7 cm³/mol. The molecule has 0 saturated heterocycles. The first-order chi connectivity index (χ1) is 7.12. The first-order valence-electron chi connectivity index (χ1n) is 4.70. The lowest BCUT2D eigenvalue weighted by molar-refractivity contribution is 0.480. The first kappa shape index (κ1) is 11.9. The largest absolute Gasteiger partial charge is 0.240 e. The third-order valence-electron chi connectivity index (χ3n) is 2.07. The summed E-state index contributed by atoms with van der Waals surface area (Å²) in [6.45, 7) is 7.72. The Morgan fingerprint density at radius 3 is 2.33 bits per heavy atom. The highest BCUT2D eigenvalue weighted by molar-refractivity contribution is 7.93. The maximum atomic E-state index is 12.0. The molecule has 0 atom stereocenters. The number of allylic oxidation sites excluding steroid dienone is 4. The maximum absolute atomic E-state index is 12.0. The molecule has 0 heterocycles. The first-order valence-corrected chi connectivity index (χ1v) is 6.14. The number of hydrogen-bond donors (Lipinski definition) is 0. The molecular weight excluding hydrogens is 210 g/mol. The van der Waals surface area contributed by atoms with E-state index in [2.05, 4.69) is 13.2 Å². The Morgan fingerprint density at radius 1 is 1.33 bits per heavy atom. The van der Waals surface area contributed by atoms with Gasteiger partial charge in [0.1, 0.15) is 0 Å². The summed E-state index contributed by atoms with van der Waals surface area (Å²) in [5.41, 5.74) is 0. The fraction of sp³-hybridized carbons (Fsp3) is 0.273. The lowest BCUT2D eigenvalue weighted by atomic mass is 10.5. The van der Waals surface area contributed by atoms with Gasteiger partial charge in [-0.15, -0.1) is 13.2 Å². The highest BCUT2D eigenvalue weighted by atomic mass is 32.2. The molecule has 0 N–H and O–H groups in total. The van der Waals surface area contributed by atoms with E-state index in [0.29, 0.717) is 24.4 Å². The molecule has 0 spiro atoms. The molecule has 1 aliphatic carbocycles. The SMILES string of the molecule is C=CCN(CC=C)S(=O)(=O)C1=CC=CC1. The summed E-state index contributed by atoms with van der Waals surface area (Å²) in [6.07, 6.45) is 8.84. The van der Waals surface area contributed by atoms with Crippen molar-refractivity contribution in [1.82, 2.24) is 4.31 Å². The van der Waals surface area contributed by atoms with Crippen molar-refractivity contribution in [3.8, 4) is 0 Å². The summed E-state index contributed by atoms with van der Waals surface area (Å²) < 4.78 is 25.4.